The van der Waals surface area contributed by atoms with Crippen molar-refractivity contribution in [2.24, 2.45) is 17.8 Å². The fourth-order valence-electron chi connectivity index (χ4n) is 3.55. The Kier molecular flexibility index (Phi) is 15.4. The summed E-state index contributed by atoms with van der Waals surface area (Å²) >= 11 is 0. The van der Waals surface area contributed by atoms with Crippen molar-refractivity contribution in [3.63, 3.8) is 0 Å². The Hall–Kier alpha value is -1.48. The molecule has 0 amide bonds. The van der Waals surface area contributed by atoms with Crippen LogP contribution in [0.4, 0.5) is 0 Å². The predicted molar refractivity (Wildman–Crippen MR) is 140 cm³/mol. The smallest absolute Gasteiger partial charge is 0.142 e. The van der Waals surface area contributed by atoms with E-state index in [-0.39, 0.29) is 0 Å². The third kappa shape index (κ3) is 19.2. The van der Waals surface area contributed by atoms with Crippen molar-refractivity contribution in [2.45, 2.75) is 124 Å². The van der Waals surface area contributed by atoms with Crippen LogP contribution in [0.5, 0.6) is 0 Å². The summed E-state index contributed by atoms with van der Waals surface area (Å²) in [5, 5.41) is 20.9. The van der Waals surface area contributed by atoms with Crippen molar-refractivity contribution in [3.05, 3.63) is 23.8 Å². The maximum Gasteiger partial charge on any atom is 0.142 e. The van der Waals surface area contributed by atoms with Crippen LogP contribution in [0.25, 0.3) is 0 Å². The van der Waals surface area contributed by atoms with E-state index in [2.05, 4.69) is 71.3 Å². The first-order chi connectivity index (χ1) is 14.8. The van der Waals surface area contributed by atoms with Gasteiger partial charge in [-0.2, -0.15) is 0 Å². The summed E-state index contributed by atoms with van der Waals surface area (Å²) in [6.45, 7) is 16.7. The molecule has 0 spiro atoms. The highest BCUT2D eigenvalue weighted by molar-refractivity contribution is 5.34. The number of rotatable bonds is 14. The second kappa shape index (κ2) is 16.2. The lowest BCUT2D eigenvalue weighted by Gasteiger charge is -2.18. The van der Waals surface area contributed by atoms with E-state index < -0.39 is 11.2 Å². The van der Waals surface area contributed by atoms with Crippen LogP contribution in [0.15, 0.2) is 23.8 Å². The van der Waals surface area contributed by atoms with E-state index in [0.29, 0.717) is 18.3 Å². The molecule has 4 unspecified atom stereocenters. The molecule has 0 fully saturated rings. The monoisotopic (exact) mass is 442 g/mol. The maximum atomic E-state index is 10.5. The zero-order valence-corrected chi connectivity index (χ0v) is 22.2. The zero-order valence-electron chi connectivity index (χ0n) is 22.2. The number of allylic oxidation sites excluding steroid dienone is 3. The first kappa shape index (κ1) is 30.5. The first-order valence-electron chi connectivity index (χ1n) is 12.6. The zero-order chi connectivity index (χ0) is 24.6. The Balaban J connectivity index is 4.43. The molecule has 0 aromatic heterocycles. The Morgan fingerprint density at radius 1 is 0.844 bits per heavy atom. The van der Waals surface area contributed by atoms with Gasteiger partial charge in [-0.15, -0.1) is 0 Å². The summed E-state index contributed by atoms with van der Waals surface area (Å²) in [6, 6.07) is 0. The Labute approximate surface area is 200 Å². The van der Waals surface area contributed by atoms with E-state index in [9.17, 15) is 10.2 Å². The maximum absolute atomic E-state index is 10.5. The lowest BCUT2D eigenvalue weighted by atomic mass is 9.92. The largest absolute Gasteiger partial charge is 0.378 e. The molecule has 2 N–H and O–H groups in total. The molecule has 2 heteroatoms. The Morgan fingerprint density at radius 2 is 1.47 bits per heavy atom. The van der Waals surface area contributed by atoms with Crippen molar-refractivity contribution in [2.75, 3.05) is 0 Å². The van der Waals surface area contributed by atoms with Crippen LogP contribution < -0.4 is 0 Å². The molecule has 0 saturated heterocycles. The number of hydrogen-bond donors (Lipinski definition) is 2. The van der Waals surface area contributed by atoms with Crippen LogP contribution >= 0.6 is 0 Å². The van der Waals surface area contributed by atoms with E-state index in [0.717, 1.165) is 38.0 Å². The van der Waals surface area contributed by atoms with Crippen LogP contribution in [0.3, 0.4) is 0 Å². The highest BCUT2D eigenvalue weighted by atomic mass is 16.3. The quantitative estimate of drug-likeness (QED) is 0.216. The van der Waals surface area contributed by atoms with Crippen LogP contribution in [0.1, 0.15) is 113 Å². The highest BCUT2D eigenvalue weighted by Crippen LogP contribution is 2.20. The van der Waals surface area contributed by atoms with Crippen LogP contribution in [0, 0.1) is 41.4 Å². The van der Waals surface area contributed by atoms with E-state index in [1.807, 2.05) is 6.08 Å². The average molecular weight is 443 g/mol. The van der Waals surface area contributed by atoms with Gasteiger partial charge in [0.1, 0.15) is 11.2 Å². The Morgan fingerprint density at radius 3 is 2.09 bits per heavy atom. The van der Waals surface area contributed by atoms with Gasteiger partial charge >= 0.3 is 0 Å². The average Bonchev–Trinajstić information content (AvgIpc) is 2.64. The van der Waals surface area contributed by atoms with Gasteiger partial charge in [0.05, 0.1) is 0 Å². The van der Waals surface area contributed by atoms with Gasteiger partial charge in [-0.05, 0) is 95.5 Å². The molecule has 32 heavy (non-hydrogen) atoms. The molecule has 0 aliphatic heterocycles. The van der Waals surface area contributed by atoms with Gasteiger partial charge in [0.25, 0.3) is 0 Å². The van der Waals surface area contributed by atoms with Crippen LogP contribution in [0.2, 0.25) is 0 Å². The molecular weight excluding hydrogens is 392 g/mol. The summed E-state index contributed by atoms with van der Waals surface area (Å²) in [5.41, 5.74) is -0.877. The number of hydrogen-bond acceptors (Lipinski definition) is 2. The molecule has 0 saturated carbocycles. The van der Waals surface area contributed by atoms with Gasteiger partial charge < -0.3 is 10.2 Å². The topological polar surface area (TPSA) is 40.5 Å². The standard InChI is InChI=1S/C30H50O2/c1-25(2)15-11-17-27(5)19-13-23-29(7,31)21-9-10-22-30(8,32)24-14-20-28(6)18-12-16-26(3)4/h13,15,23,26-28,31-32H,11-12,14,16-20,24H2,1-8H3/b23-13+. The van der Waals surface area contributed by atoms with Crippen molar-refractivity contribution in [3.8, 4) is 23.7 Å². The van der Waals surface area contributed by atoms with Gasteiger partial charge in [-0.3, -0.25) is 0 Å². The summed E-state index contributed by atoms with van der Waals surface area (Å²) in [6.07, 6.45) is 15.7. The molecule has 2 nitrogen and oxygen atoms in total. The minimum absolute atomic E-state index is 0.568. The van der Waals surface area contributed by atoms with E-state index in [1.165, 1.54) is 24.8 Å². The minimum Gasteiger partial charge on any atom is -0.378 e. The molecule has 0 aliphatic rings. The fourth-order valence-corrected chi connectivity index (χ4v) is 3.55. The van der Waals surface area contributed by atoms with Gasteiger partial charge in [0.15, 0.2) is 0 Å². The van der Waals surface area contributed by atoms with Gasteiger partial charge in [-0.1, -0.05) is 82.9 Å². The predicted octanol–water partition coefficient (Wildman–Crippen LogP) is 7.46. The summed E-state index contributed by atoms with van der Waals surface area (Å²) in [4.78, 5) is 0. The van der Waals surface area contributed by atoms with E-state index >= 15 is 0 Å². The van der Waals surface area contributed by atoms with Crippen LogP contribution in [-0.2, 0) is 0 Å². The molecule has 0 heterocycles. The molecular formula is C30H50O2. The molecule has 0 bridgehead atoms. The fraction of sp³-hybridized carbons (Fsp3) is 0.733. The molecule has 0 aromatic carbocycles. The van der Waals surface area contributed by atoms with Gasteiger partial charge in [0, 0.05) is 0 Å². The van der Waals surface area contributed by atoms with Crippen molar-refractivity contribution in [1.29, 1.82) is 0 Å². The van der Waals surface area contributed by atoms with Crippen LogP contribution in [-0.4, -0.2) is 21.4 Å². The van der Waals surface area contributed by atoms with Crippen molar-refractivity contribution in [1.82, 2.24) is 0 Å². The highest BCUT2D eigenvalue weighted by Gasteiger charge is 2.17. The molecule has 4 atom stereocenters. The Bertz CT molecular complexity index is 682. The van der Waals surface area contributed by atoms with E-state index in [1.54, 1.807) is 19.9 Å². The molecule has 0 radical (unpaired) electrons. The molecule has 0 rings (SSSR count). The molecule has 0 aromatic rings. The minimum atomic E-state index is -1.20. The second-order valence-corrected chi connectivity index (χ2v) is 10.8. The third-order valence-corrected chi connectivity index (χ3v) is 5.74. The SMILES string of the molecule is CC(C)=CCCC(C)C/C=C/C(C)(O)C#CC#CC(C)(O)CCCC(C)CCCC(C)C. The molecule has 182 valence electrons. The first-order valence-corrected chi connectivity index (χ1v) is 12.6. The lowest BCUT2D eigenvalue weighted by Crippen LogP contribution is -2.21. The summed E-state index contributed by atoms with van der Waals surface area (Å²) in [7, 11) is 0. The second-order valence-electron chi connectivity index (χ2n) is 10.8. The summed E-state index contributed by atoms with van der Waals surface area (Å²) in [5.74, 6) is 13.2. The third-order valence-electron chi connectivity index (χ3n) is 5.74. The number of aliphatic hydroxyl groups is 2. The van der Waals surface area contributed by atoms with Crippen molar-refractivity contribution < 1.29 is 10.2 Å². The molecule has 0 aliphatic carbocycles. The van der Waals surface area contributed by atoms with Gasteiger partial charge in [0.2, 0.25) is 0 Å². The van der Waals surface area contributed by atoms with Crippen molar-refractivity contribution >= 4 is 0 Å². The van der Waals surface area contributed by atoms with Gasteiger partial charge in [-0.25, -0.2) is 0 Å². The lowest BCUT2D eigenvalue weighted by molar-refractivity contribution is 0.107. The summed E-state index contributed by atoms with van der Waals surface area (Å²) < 4.78 is 0. The van der Waals surface area contributed by atoms with E-state index in [4.69, 9.17) is 0 Å². The normalized spacial score (nSPS) is 16.8.